The van der Waals surface area contributed by atoms with E-state index in [2.05, 4.69) is 0 Å². The summed E-state index contributed by atoms with van der Waals surface area (Å²) < 4.78 is 65.8. The maximum atomic E-state index is 13.1. The molecule has 2 aliphatic rings. The molecule has 0 bridgehead atoms. The number of nitrogens with zero attached hydrogens (tertiary/aromatic N) is 1. The molecule has 25 heavy (non-hydrogen) atoms. The average Bonchev–Trinajstić information content (AvgIpc) is 2.93. The van der Waals surface area contributed by atoms with E-state index in [1.54, 1.807) is 0 Å². The van der Waals surface area contributed by atoms with Crippen LogP contribution in [0.4, 0.5) is 13.2 Å². The van der Waals surface area contributed by atoms with Gasteiger partial charge in [-0.15, -0.1) is 12.4 Å². The molecular weight excluding hydrogens is 377 g/mol. The van der Waals surface area contributed by atoms with Crippen molar-refractivity contribution in [2.45, 2.75) is 37.2 Å². The standard InChI is InChI=1S/C16H21F3N2O2S.ClH/c17-16(18,19)14-6-2-1-4-12(14)10-24(22,23)21-8-11-5-3-7-15(20)13(11)9-21;/h1-2,4,6,11,13,15H,3,5,7-10,20H2;1H. The lowest BCUT2D eigenvalue weighted by Gasteiger charge is -2.29. The molecule has 0 radical (unpaired) electrons. The van der Waals surface area contributed by atoms with E-state index >= 15 is 0 Å². The third-order valence-electron chi connectivity index (χ3n) is 5.17. The third-order valence-corrected chi connectivity index (χ3v) is 6.94. The Bertz CT molecular complexity index is 712. The van der Waals surface area contributed by atoms with Crippen molar-refractivity contribution in [2.24, 2.45) is 17.6 Å². The van der Waals surface area contributed by atoms with Crippen LogP contribution in [0.3, 0.4) is 0 Å². The maximum absolute atomic E-state index is 13.1. The Kier molecular flexibility index (Phi) is 6.08. The number of rotatable bonds is 3. The molecule has 3 unspecified atom stereocenters. The van der Waals surface area contributed by atoms with E-state index in [0.717, 1.165) is 25.3 Å². The summed E-state index contributed by atoms with van der Waals surface area (Å²) >= 11 is 0. The van der Waals surface area contributed by atoms with E-state index in [0.29, 0.717) is 13.1 Å². The smallest absolute Gasteiger partial charge is 0.327 e. The summed E-state index contributed by atoms with van der Waals surface area (Å²) in [5.41, 5.74) is 5.00. The van der Waals surface area contributed by atoms with E-state index < -0.39 is 27.5 Å². The van der Waals surface area contributed by atoms with Crippen molar-refractivity contribution >= 4 is 22.4 Å². The number of halogens is 4. The van der Waals surface area contributed by atoms with Crippen LogP contribution in [0.1, 0.15) is 30.4 Å². The van der Waals surface area contributed by atoms with Crippen molar-refractivity contribution < 1.29 is 21.6 Å². The second-order valence-corrected chi connectivity index (χ2v) is 8.72. The summed E-state index contributed by atoms with van der Waals surface area (Å²) in [7, 11) is -3.80. The third kappa shape index (κ3) is 4.30. The van der Waals surface area contributed by atoms with Crippen molar-refractivity contribution in [3.63, 3.8) is 0 Å². The lowest BCUT2D eigenvalue weighted by Crippen LogP contribution is -2.38. The molecule has 1 aromatic carbocycles. The summed E-state index contributed by atoms with van der Waals surface area (Å²) in [5.74, 6) is -0.287. The molecule has 0 aromatic heterocycles. The fraction of sp³-hybridized carbons (Fsp3) is 0.625. The van der Waals surface area contributed by atoms with Gasteiger partial charge in [-0.1, -0.05) is 24.6 Å². The number of hydrogen-bond donors (Lipinski definition) is 1. The first kappa shape index (κ1) is 20.5. The summed E-state index contributed by atoms with van der Waals surface area (Å²) in [6.45, 7) is 0.692. The first-order valence-corrected chi connectivity index (χ1v) is 9.68. The van der Waals surface area contributed by atoms with Crippen molar-refractivity contribution in [3.05, 3.63) is 35.4 Å². The molecule has 2 N–H and O–H groups in total. The van der Waals surface area contributed by atoms with Gasteiger partial charge in [0.05, 0.1) is 11.3 Å². The molecule has 4 nitrogen and oxygen atoms in total. The fourth-order valence-corrected chi connectivity index (χ4v) is 5.56. The highest BCUT2D eigenvalue weighted by molar-refractivity contribution is 7.88. The number of sulfonamides is 1. The van der Waals surface area contributed by atoms with Gasteiger partial charge in [0.25, 0.3) is 0 Å². The van der Waals surface area contributed by atoms with Crippen molar-refractivity contribution in [1.82, 2.24) is 4.31 Å². The van der Waals surface area contributed by atoms with Gasteiger partial charge in [-0.05, 0) is 36.3 Å². The molecule has 1 saturated heterocycles. The zero-order valence-corrected chi connectivity index (χ0v) is 15.2. The highest BCUT2D eigenvalue weighted by Crippen LogP contribution is 2.38. The number of benzene rings is 1. The molecular formula is C16H22ClF3N2O2S. The predicted molar refractivity (Wildman–Crippen MR) is 91.7 cm³/mol. The summed E-state index contributed by atoms with van der Waals surface area (Å²) in [6, 6.07) is 4.83. The normalized spacial score (nSPS) is 27.6. The molecule has 142 valence electrons. The van der Waals surface area contributed by atoms with E-state index in [1.165, 1.54) is 22.5 Å². The molecule has 9 heteroatoms. The second-order valence-electron chi connectivity index (χ2n) is 6.75. The van der Waals surface area contributed by atoms with E-state index in [1.807, 2.05) is 0 Å². The minimum absolute atomic E-state index is 0. The minimum Gasteiger partial charge on any atom is -0.327 e. The van der Waals surface area contributed by atoms with Gasteiger partial charge in [0, 0.05) is 19.1 Å². The molecule has 1 aliphatic carbocycles. The van der Waals surface area contributed by atoms with Gasteiger partial charge >= 0.3 is 6.18 Å². The Morgan fingerprint density at radius 1 is 1.16 bits per heavy atom. The van der Waals surface area contributed by atoms with Crippen LogP contribution in [-0.2, 0) is 22.0 Å². The van der Waals surface area contributed by atoms with Crippen molar-refractivity contribution in [2.75, 3.05) is 13.1 Å². The Labute approximate surface area is 152 Å². The molecule has 1 saturated carbocycles. The first-order chi connectivity index (χ1) is 11.2. The Hall–Kier alpha value is -0.830. The largest absolute Gasteiger partial charge is 0.416 e. The minimum atomic E-state index is -4.56. The molecule has 1 aromatic rings. The van der Waals surface area contributed by atoms with Crippen LogP contribution in [0.25, 0.3) is 0 Å². The van der Waals surface area contributed by atoms with Crippen molar-refractivity contribution in [1.29, 1.82) is 0 Å². The fourth-order valence-electron chi connectivity index (χ4n) is 3.91. The number of alkyl halides is 3. The van der Waals surface area contributed by atoms with E-state index in [9.17, 15) is 21.6 Å². The van der Waals surface area contributed by atoms with Gasteiger partial charge in [0.2, 0.25) is 10.0 Å². The molecule has 2 fully saturated rings. The summed E-state index contributed by atoms with van der Waals surface area (Å²) in [6.07, 6.45) is -1.77. The van der Waals surface area contributed by atoms with Crippen LogP contribution < -0.4 is 5.73 Å². The van der Waals surface area contributed by atoms with Crippen LogP contribution in [0.5, 0.6) is 0 Å². The molecule has 0 spiro atoms. The lowest BCUT2D eigenvalue weighted by atomic mass is 9.78. The van der Waals surface area contributed by atoms with Crippen LogP contribution in [0.2, 0.25) is 0 Å². The quantitative estimate of drug-likeness (QED) is 0.851. The topological polar surface area (TPSA) is 63.4 Å². The van der Waals surface area contributed by atoms with Gasteiger partial charge in [0.1, 0.15) is 0 Å². The lowest BCUT2D eigenvalue weighted by molar-refractivity contribution is -0.138. The number of nitrogens with two attached hydrogens (primary N) is 1. The van der Waals surface area contributed by atoms with Gasteiger partial charge in [-0.25, -0.2) is 12.7 Å². The van der Waals surface area contributed by atoms with Crippen LogP contribution in [0, 0.1) is 11.8 Å². The predicted octanol–water partition coefficient (Wildman–Crippen LogP) is 3.02. The Morgan fingerprint density at radius 3 is 2.48 bits per heavy atom. The highest BCUT2D eigenvalue weighted by Gasteiger charge is 2.43. The highest BCUT2D eigenvalue weighted by atomic mass is 35.5. The molecule has 1 aliphatic heterocycles. The number of fused-ring (bicyclic) bond motifs is 1. The van der Waals surface area contributed by atoms with E-state index in [-0.39, 0.29) is 35.8 Å². The molecule has 3 rings (SSSR count). The monoisotopic (exact) mass is 398 g/mol. The second kappa shape index (κ2) is 7.42. The zero-order chi connectivity index (χ0) is 17.5. The maximum Gasteiger partial charge on any atom is 0.416 e. The Morgan fingerprint density at radius 2 is 1.84 bits per heavy atom. The summed E-state index contributed by atoms with van der Waals surface area (Å²) in [4.78, 5) is 0. The van der Waals surface area contributed by atoms with Crippen LogP contribution >= 0.6 is 12.4 Å². The van der Waals surface area contributed by atoms with E-state index in [4.69, 9.17) is 5.73 Å². The van der Waals surface area contributed by atoms with Gasteiger partial charge in [0.15, 0.2) is 0 Å². The van der Waals surface area contributed by atoms with Crippen LogP contribution in [0.15, 0.2) is 24.3 Å². The van der Waals surface area contributed by atoms with Gasteiger partial charge in [-0.3, -0.25) is 0 Å². The average molecular weight is 399 g/mol. The van der Waals surface area contributed by atoms with Crippen LogP contribution in [-0.4, -0.2) is 31.9 Å². The van der Waals surface area contributed by atoms with Crippen molar-refractivity contribution in [3.8, 4) is 0 Å². The molecule has 0 amide bonds. The van der Waals surface area contributed by atoms with Gasteiger partial charge in [-0.2, -0.15) is 13.2 Å². The number of hydrogen-bond acceptors (Lipinski definition) is 3. The molecule has 3 atom stereocenters. The molecule has 1 heterocycles. The SMILES string of the molecule is Cl.NC1CCCC2CN(S(=O)(=O)Cc3ccccc3C(F)(F)F)CC12. The van der Waals surface area contributed by atoms with Gasteiger partial charge < -0.3 is 5.73 Å². The first-order valence-electron chi connectivity index (χ1n) is 8.07. The summed E-state index contributed by atoms with van der Waals surface area (Å²) in [5, 5.41) is 0. The Balaban J connectivity index is 0.00000225. The zero-order valence-electron chi connectivity index (χ0n) is 13.6.